The van der Waals surface area contributed by atoms with E-state index in [4.69, 9.17) is 15.2 Å². The zero-order valence-corrected chi connectivity index (χ0v) is 11.5. The lowest BCUT2D eigenvalue weighted by molar-refractivity contribution is 0.102. The molecular formula is C13H16N4O3. The van der Waals surface area contributed by atoms with Crippen LogP contribution in [0.25, 0.3) is 0 Å². The number of benzene rings is 1. The molecule has 1 heterocycles. The average Bonchev–Trinajstić information content (AvgIpc) is 2.78. The van der Waals surface area contributed by atoms with Crippen LogP contribution < -0.4 is 20.5 Å². The van der Waals surface area contributed by atoms with Crippen LogP contribution in [0, 0.1) is 0 Å². The lowest BCUT2D eigenvalue weighted by Crippen LogP contribution is -2.16. The molecule has 1 aromatic heterocycles. The minimum Gasteiger partial charge on any atom is -0.497 e. The highest BCUT2D eigenvalue weighted by molar-refractivity contribution is 6.07. The van der Waals surface area contributed by atoms with E-state index in [-0.39, 0.29) is 5.91 Å². The van der Waals surface area contributed by atoms with E-state index in [1.807, 2.05) is 0 Å². The molecule has 0 unspecified atom stereocenters. The molecule has 0 atom stereocenters. The first-order chi connectivity index (χ1) is 9.56. The van der Waals surface area contributed by atoms with Crippen molar-refractivity contribution in [1.29, 1.82) is 0 Å². The monoisotopic (exact) mass is 276 g/mol. The molecule has 0 saturated heterocycles. The van der Waals surface area contributed by atoms with E-state index < -0.39 is 0 Å². The first-order valence-corrected chi connectivity index (χ1v) is 5.87. The van der Waals surface area contributed by atoms with E-state index in [0.29, 0.717) is 28.6 Å². The molecule has 7 nitrogen and oxygen atoms in total. The maximum atomic E-state index is 12.3. The van der Waals surface area contributed by atoms with Crippen molar-refractivity contribution in [2.24, 2.45) is 7.05 Å². The Hall–Kier alpha value is -2.70. The second-order valence-corrected chi connectivity index (χ2v) is 4.09. The number of rotatable bonds is 4. The number of aryl methyl sites for hydroxylation is 1. The predicted octanol–water partition coefficient (Wildman–Crippen LogP) is 1.27. The van der Waals surface area contributed by atoms with Gasteiger partial charge in [-0.05, 0) is 18.2 Å². The van der Waals surface area contributed by atoms with Gasteiger partial charge in [0.15, 0.2) is 5.82 Å². The van der Waals surface area contributed by atoms with Gasteiger partial charge in [0.1, 0.15) is 11.5 Å². The van der Waals surface area contributed by atoms with E-state index in [1.165, 1.54) is 25.1 Å². The van der Waals surface area contributed by atoms with Crippen LogP contribution in [-0.4, -0.2) is 29.9 Å². The summed E-state index contributed by atoms with van der Waals surface area (Å²) in [5.41, 5.74) is 6.49. The maximum absolute atomic E-state index is 12.3. The van der Waals surface area contributed by atoms with Crippen LogP contribution in [0.4, 0.5) is 11.5 Å². The van der Waals surface area contributed by atoms with Crippen LogP contribution in [0.2, 0.25) is 0 Å². The standard InChI is InChI=1S/C13H16N4O3/c1-17-12(10(14)7-15-17)16-13(18)9-6-8(19-2)4-5-11(9)20-3/h4-7H,14H2,1-3H3,(H,16,18). The summed E-state index contributed by atoms with van der Waals surface area (Å²) in [5, 5.41) is 6.66. The smallest absolute Gasteiger partial charge is 0.260 e. The van der Waals surface area contributed by atoms with Gasteiger partial charge in [-0.25, -0.2) is 0 Å². The number of aromatic nitrogens is 2. The first kappa shape index (κ1) is 13.7. The van der Waals surface area contributed by atoms with Gasteiger partial charge in [0.2, 0.25) is 0 Å². The van der Waals surface area contributed by atoms with Crippen molar-refractivity contribution in [2.75, 3.05) is 25.3 Å². The van der Waals surface area contributed by atoms with Gasteiger partial charge >= 0.3 is 0 Å². The Morgan fingerprint density at radius 1 is 1.35 bits per heavy atom. The highest BCUT2D eigenvalue weighted by Gasteiger charge is 2.16. The molecule has 0 bridgehead atoms. The fourth-order valence-corrected chi connectivity index (χ4v) is 1.77. The Kier molecular flexibility index (Phi) is 3.79. The van der Waals surface area contributed by atoms with Gasteiger partial charge < -0.3 is 20.5 Å². The van der Waals surface area contributed by atoms with E-state index in [9.17, 15) is 4.79 Å². The lowest BCUT2D eigenvalue weighted by Gasteiger charge is -2.11. The molecule has 2 aromatic rings. The topological polar surface area (TPSA) is 91.4 Å². The second kappa shape index (κ2) is 5.52. The molecule has 106 valence electrons. The SMILES string of the molecule is COc1ccc(OC)c(C(=O)Nc2c(N)cnn2C)c1. The van der Waals surface area contributed by atoms with E-state index in [2.05, 4.69) is 10.4 Å². The summed E-state index contributed by atoms with van der Waals surface area (Å²) < 4.78 is 11.8. The van der Waals surface area contributed by atoms with Crippen LogP contribution in [0.15, 0.2) is 24.4 Å². The summed E-state index contributed by atoms with van der Waals surface area (Å²) >= 11 is 0. The molecule has 2 rings (SSSR count). The quantitative estimate of drug-likeness (QED) is 0.877. The second-order valence-electron chi connectivity index (χ2n) is 4.09. The summed E-state index contributed by atoms with van der Waals surface area (Å²) in [6, 6.07) is 4.98. The largest absolute Gasteiger partial charge is 0.497 e. The Morgan fingerprint density at radius 3 is 2.65 bits per heavy atom. The third-order valence-corrected chi connectivity index (χ3v) is 2.85. The van der Waals surface area contributed by atoms with Crippen molar-refractivity contribution in [3.8, 4) is 11.5 Å². The number of hydrogen-bond donors (Lipinski definition) is 2. The molecule has 0 radical (unpaired) electrons. The fraction of sp³-hybridized carbons (Fsp3) is 0.231. The lowest BCUT2D eigenvalue weighted by atomic mass is 10.1. The van der Waals surface area contributed by atoms with Gasteiger partial charge in [-0.1, -0.05) is 0 Å². The zero-order chi connectivity index (χ0) is 14.7. The predicted molar refractivity (Wildman–Crippen MR) is 75.1 cm³/mol. The highest BCUT2D eigenvalue weighted by Crippen LogP contribution is 2.25. The summed E-state index contributed by atoms with van der Waals surface area (Å²) in [4.78, 5) is 12.3. The normalized spacial score (nSPS) is 10.2. The number of ether oxygens (including phenoxy) is 2. The number of nitrogens with one attached hydrogen (secondary N) is 1. The van der Waals surface area contributed by atoms with E-state index in [0.717, 1.165) is 0 Å². The van der Waals surface area contributed by atoms with Crippen LogP contribution in [0.5, 0.6) is 11.5 Å². The van der Waals surface area contributed by atoms with Gasteiger partial charge in [-0.15, -0.1) is 0 Å². The Morgan fingerprint density at radius 2 is 2.10 bits per heavy atom. The van der Waals surface area contributed by atoms with Crippen molar-refractivity contribution in [3.05, 3.63) is 30.0 Å². The number of carbonyl (C=O) groups is 1. The van der Waals surface area contributed by atoms with Crippen molar-refractivity contribution in [2.45, 2.75) is 0 Å². The molecule has 0 fully saturated rings. The van der Waals surface area contributed by atoms with Crippen LogP contribution in [0.1, 0.15) is 10.4 Å². The van der Waals surface area contributed by atoms with Crippen LogP contribution in [0.3, 0.4) is 0 Å². The van der Waals surface area contributed by atoms with Gasteiger partial charge in [-0.2, -0.15) is 5.10 Å². The molecule has 1 aromatic carbocycles. The molecule has 3 N–H and O–H groups in total. The van der Waals surface area contributed by atoms with Crippen molar-refractivity contribution >= 4 is 17.4 Å². The average molecular weight is 276 g/mol. The molecule has 0 aliphatic carbocycles. The number of amides is 1. The van der Waals surface area contributed by atoms with E-state index >= 15 is 0 Å². The first-order valence-electron chi connectivity index (χ1n) is 5.87. The van der Waals surface area contributed by atoms with Crippen LogP contribution in [-0.2, 0) is 7.05 Å². The number of nitrogen functional groups attached to an aromatic ring is 1. The molecule has 0 aliphatic rings. The van der Waals surface area contributed by atoms with Gasteiger partial charge in [0.05, 0.1) is 31.7 Å². The summed E-state index contributed by atoms with van der Waals surface area (Å²) in [6.07, 6.45) is 1.47. The number of hydrogen-bond acceptors (Lipinski definition) is 5. The number of nitrogens with two attached hydrogens (primary N) is 1. The minimum absolute atomic E-state index is 0.351. The molecule has 20 heavy (non-hydrogen) atoms. The zero-order valence-electron chi connectivity index (χ0n) is 11.5. The number of nitrogens with zero attached hydrogens (tertiary/aromatic N) is 2. The molecular weight excluding hydrogens is 260 g/mol. The Balaban J connectivity index is 2.33. The maximum Gasteiger partial charge on any atom is 0.260 e. The van der Waals surface area contributed by atoms with Gasteiger partial charge in [-0.3, -0.25) is 9.48 Å². The van der Waals surface area contributed by atoms with E-state index in [1.54, 1.807) is 25.2 Å². The number of methoxy groups -OCH3 is 2. The van der Waals surface area contributed by atoms with Gasteiger partial charge in [0.25, 0.3) is 5.91 Å². The van der Waals surface area contributed by atoms with Crippen LogP contribution >= 0.6 is 0 Å². The summed E-state index contributed by atoms with van der Waals surface area (Å²) in [7, 11) is 4.72. The minimum atomic E-state index is -0.351. The molecule has 0 spiro atoms. The molecule has 0 aliphatic heterocycles. The summed E-state index contributed by atoms with van der Waals surface area (Å²) in [5.74, 6) is 1.09. The summed E-state index contributed by atoms with van der Waals surface area (Å²) in [6.45, 7) is 0. The van der Waals surface area contributed by atoms with Crippen molar-refractivity contribution in [1.82, 2.24) is 9.78 Å². The van der Waals surface area contributed by atoms with Crippen molar-refractivity contribution in [3.63, 3.8) is 0 Å². The molecule has 0 saturated carbocycles. The highest BCUT2D eigenvalue weighted by atomic mass is 16.5. The van der Waals surface area contributed by atoms with Gasteiger partial charge in [0, 0.05) is 7.05 Å². The number of carbonyl (C=O) groups excluding carboxylic acids is 1. The Bertz CT molecular complexity index is 617. The third kappa shape index (κ3) is 2.51. The molecule has 1 amide bonds. The fourth-order valence-electron chi connectivity index (χ4n) is 1.77. The number of anilines is 2. The Labute approximate surface area is 116 Å². The van der Waals surface area contributed by atoms with Crippen molar-refractivity contribution < 1.29 is 14.3 Å². The molecule has 7 heteroatoms. The third-order valence-electron chi connectivity index (χ3n) is 2.85.